The van der Waals surface area contributed by atoms with E-state index in [9.17, 15) is 27.6 Å². The molecule has 0 aliphatic rings. The van der Waals surface area contributed by atoms with Crippen molar-refractivity contribution in [2.45, 2.75) is 51.0 Å². The second-order valence-corrected chi connectivity index (χ2v) is 6.09. The van der Waals surface area contributed by atoms with Crippen molar-refractivity contribution in [3.05, 3.63) is 35.9 Å². The highest BCUT2D eigenvalue weighted by molar-refractivity contribution is 5.86. The van der Waals surface area contributed by atoms with Crippen LogP contribution in [0.5, 0.6) is 0 Å². The Labute approximate surface area is 172 Å². The lowest BCUT2D eigenvalue weighted by Crippen LogP contribution is -2.53. The van der Waals surface area contributed by atoms with E-state index >= 15 is 0 Å². The predicted octanol–water partition coefficient (Wildman–Crippen LogP) is 3.30. The first-order valence-electron chi connectivity index (χ1n) is 9.34. The summed E-state index contributed by atoms with van der Waals surface area (Å²) in [4.78, 5) is 36.3. The van der Waals surface area contributed by atoms with Gasteiger partial charge in [-0.15, -0.1) is 0 Å². The van der Waals surface area contributed by atoms with Gasteiger partial charge in [0.2, 0.25) is 0 Å². The van der Waals surface area contributed by atoms with Gasteiger partial charge in [-0.1, -0.05) is 30.3 Å². The summed E-state index contributed by atoms with van der Waals surface area (Å²) in [7, 11) is 0.724. The van der Waals surface area contributed by atoms with E-state index in [2.05, 4.69) is 4.74 Å². The normalized spacial score (nSPS) is 14.3. The van der Waals surface area contributed by atoms with Crippen LogP contribution >= 0.6 is 0 Å². The molecule has 0 saturated heterocycles. The summed E-state index contributed by atoms with van der Waals surface area (Å²) in [5, 5.41) is 0. The van der Waals surface area contributed by atoms with E-state index in [1.807, 2.05) is 0 Å². The fourth-order valence-electron chi connectivity index (χ4n) is 2.72. The van der Waals surface area contributed by atoms with Crippen molar-refractivity contribution < 1.29 is 46.5 Å². The highest BCUT2D eigenvalue weighted by Gasteiger charge is 2.64. The van der Waals surface area contributed by atoms with E-state index in [-0.39, 0.29) is 32.5 Å². The minimum Gasteiger partial charge on any atom is -0.466 e. The molecule has 0 unspecified atom stereocenters. The molecule has 0 fully saturated rings. The molecule has 0 radical (unpaired) electrons. The van der Waals surface area contributed by atoms with Crippen LogP contribution in [0.2, 0.25) is 0 Å². The Morgan fingerprint density at radius 1 is 1.00 bits per heavy atom. The molecule has 168 valence electrons. The summed E-state index contributed by atoms with van der Waals surface area (Å²) in [5.74, 6) is -3.37. The molecular formula is C20H25F3O7. The first-order valence-corrected chi connectivity index (χ1v) is 9.34. The lowest BCUT2D eigenvalue weighted by molar-refractivity contribution is -0.278. The third kappa shape index (κ3) is 6.19. The molecule has 0 aliphatic carbocycles. The number of ether oxygens (including phenoxy) is 4. The van der Waals surface area contributed by atoms with Crippen LogP contribution in [0.25, 0.3) is 0 Å². The molecule has 0 bridgehead atoms. The van der Waals surface area contributed by atoms with Crippen molar-refractivity contribution in [2.24, 2.45) is 0 Å². The van der Waals surface area contributed by atoms with Gasteiger partial charge in [-0.2, -0.15) is 13.2 Å². The van der Waals surface area contributed by atoms with E-state index in [0.29, 0.717) is 0 Å². The first kappa shape index (κ1) is 25.4. The molecule has 1 rings (SSSR count). The van der Waals surface area contributed by atoms with Crippen LogP contribution in [0.4, 0.5) is 13.2 Å². The number of esters is 3. The fourth-order valence-corrected chi connectivity index (χ4v) is 2.72. The van der Waals surface area contributed by atoms with Crippen LogP contribution in [-0.4, -0.2) is 50.5 Å². The van der Waals surface area contributed by atoms with Crippen molar-refractivity contribution in [3.63, 3.8) is 0 Å². The summed E-state index contributed by atoms with van der Waals surface area (Å²) in [6.07, 6.45) is -7.12. The summed E-state index contributed by atoms with van der Waals surface area (Å²) < 4.78 is 61.0. The van der Waals surface area contributed by atoms with Crippen LogP contribution in [0.15, 0.2) is 30.3 Å². The number of hydrogen-bond donors (Lipinski definition) is 0. The smallest absolute Gasteiger partial charge is 0.432 e. The maximum Gasteiger partial charge on any atom is 0.432 e. The Hall–Kier alpha value is -2.62. The van der Waals surface area contributed by atoms with E-state index < -0.39 is 41.4 Å². The number of hydrogen-bond acceptors (Lipinski definition) is 7. The van der Waals surface area contributed by atoms with Gasteiger partial charge < -0.3 is 18.9 Å². The standard InChI is InChI=1S/C20H25F3O7/c1-4-28-16(24)13-9-12-15(17(25)29-5-2)30-18(26)19(27-3,20(21,22)23)14-10-7-6-8-11-14/h6-8,10-11,15H,4-5,9,12-13H2,1-3H3/t15-,19-/m0/s1. The van der Waals surface area contributed by atoms with Gasteiger partial charge in [0, 0.05) is 19.1 Å². The highest BCUT2D eigenvalue weighted by atomic mass is 19.4. The van der Waals surface area contributed by atoms with Gasteiger partial charge >= 0.3 is 24.1 Å². The molecular weight excluding hydrogens is 409 g/mol. The first-order chi connectivity index (χ1) is 14.1. The quantitative estimate of drug-likeness (QED) is 0.390. The van der Waals surface area contributed by atoms with Gasteiger partial charge in [0.25, 0.3) is 5.60 Å². The second kappa shape index (κ2) is 11.5. The zero-order valence-electron chi connectivity index (χ0n) is 17.0. The Morgan fingerprint density at radius 3 is 2.10 bits per heavy atom. The molecule has 10 heteroatoms. The average Bonchev–Trinajstić information content (AvgIpc) is 2.68. The molecule has 1 aromatic rings. The zero-order chi connectivity index (χ0) is 22.8. The monoisotopic (exact) mass is 434 g/mol. The number of benzene rings is 1. The highest BCUT2D eigenvalue weighted by Crippen LogP contribution is 2.43. The number of rotatable bonds is 11. The molecule has 0 heterocycles. The fraction of sp³-hybridized carbons (Fsp3) is 0.550. The number of methoxy groups -OCH3 is 1. The molecule has 0 spiro atoms. The molecule has 0 aliphatic heterocycles. The third-order valence-electron chi connectivity index (χ3n) is 4.12. The van der Waals surface area contributed by atoms with Gasteiger partial charge in [-0.25, -0.2) is 9.59 Å². The van der Waals surface area contributed by atoms with Crippen LogP contribution in [0.3, 0.4) is 0 Å². The van der Waals surface area contributed by atoms with Gasteiger partial charge in [0.1, 0.15) is 0 Å². The van der Waals surface area contributed by atoms with E-state index in [4.69, 9.17) is 14.2 Å². The van der Waals surface area contributed by atoms with E-state index in [1.54, 1.807) is 6.92 Å². The predicted molar refractivity (Wildman–Crippen MR) is 98.2 cm³/mol. The maximum atomic E-state index is 14.0. The third-order valence-corrected chi connectivity index (χ3v) is 4.12. The minimum absolute atomic E-state index is 0.0347. The molecule has 0 N–H and O–H groups in total. The number of carbonyl (C=O) groups is 3. The summed E-state index contributed by atoms with van der Waals surface area (Å²) in [6.45, 7) is 3.20. The number of carbonyl (C=O) groups excluding carboxylic acids is 3. The molecule has 30 heavy (non-hydrogen) atoms. The maximum absolute atomic E-state index is 14.0. The van der Waals surface area contributed by atoms with Crippen LogP contribution in [-0.2, 0) is 38.9 Å². The van der Waals surface area contributed by atoms with Gasteiger partial charge in [-0.05, 0) is 26.7 Å². The summed E-state index contributed by atoms with van der Waals surface area (Å²) in [5.41, 5.74) is -3.93. The van der Waals surface area contributed by atoms with E-state index in [0.717, 1.165) is 19.2 Å². The Balaban J connectivity index is 3.13. The molecule has 0 saturated carbocycles. The van der Waals surface area contributed by atoms with Gasteiger partial charge in [-0.3, -0.25) is 4.79 Å². The second-order valence-electron chi connectivity index (χ2n) is 6.09. The topological polar surface area (TPSA) is 88.1 Å². The van der Waals surface area contributed by atoms with Crippen LogP contribution in [0, 0.1) is 0 Å². The summed E-state index contributed by atoms with van der Waals surface area (Å²) in [6, 6.07) is 6.23. The van der Waals surface area contributed by atoms with Crippen molar-refractivity contribution in [2.75, 3.05) is 20.3 Å². The molecule has 1 aromatic carbocycles. The Bertz CT molecular complexity index is 706. The summed E-state index contributed by atoms with van der Waals surface area (Å²) >= 11 is 0. The van der Waals surface area contributed by atoms with Gasteiger partial charge in [0.05, 0.1) is 13.2 Å². The molecule has 7 nitrogen and oxygen atoms in total. The lowest BCUT2D eigenvalue weighted by Gasteiger charge is -2.33. The molecule has 2 atom stereocenters. The zero-order valence-corrected chi connectivity index (χ0v) is 17.0. The Kier molecular flexibility index (Phi) is 9.77. The minimum atomic E-state index is -5.18. The molecule has 0 aromatic heterocycles. The largest absolute Gasteiger partial charge is 0.466 e. The number of halogens is 3. The molecule has 0 amide bonds. The average molecular weight is 434 g/mol. The van der Waals surface area contributed by atoms with E-state index in [1.165, 1.54) is 25.1 Å². The van der Waals surface area contributed by atoms with Crippen molar-refractivity contribution >= 4 is 17.9 Å². The van der Waals surface area contributed by atoms with Crippen LogP contribution < -0.4 is 0 Å². The van der Waals surface area contributed by atoms with Crippen molar-refractivity contribution in [3.8, 4) is 0 Å². The van der Waals surface area contributed by atoms with Crippen LogP contribution in [0.1, 0.15) is 38.7 Å². The SMILES string of the molecule is CCOC(=O)CCC[C@H](OC(=O)[C@@](OC)(c1ccccc1)C(F)(F)F)C(=O)OCC. The van der Waals surface area contributed by atoms with Crippen molar-refractivity contribution in [1.82, 2.24) is 0 Å². The Morgan fingerprint density at radius 2 is 1.60 bits per heavy atom. The lowest BCUT2D eigenvalue weighted by atomic mass is 9.92. The van der Waals surface area contributed by atoms with Crippen molar-refractivity contribution in [1.29, 1.82) is 0 Å². The van der Waals surface area contributed by atoms with Gasteiger partial charge in [0.15, 0.2) is 6.10 Å². The number of alkyl halides is 3.